The Kier molecular flexibility index (Phi) is 5.47. The van der Waals surface area contributed by atoms with Crippen LogP contribution in [0.4, 0.5) is 0 Å². The average Bonchev–Trinajstić information content (AvgIpc) is 3.21. The van der Waals surface area contributed by atoms with E-state index in [1.807, 2.05) is 6.07 Å². The van der Waals surface area contributed by atoms with Gasteiger partial charge in [-0.25, -0.2) is 4.79 Å². The maximum Gasteiger partial charge on any atom is 0.333 e. The van der Waals surface area contributed by atoms with Gasteiger partial charge >= 0.3 is 17.9 Å². The summed E-state index contributed by atoms with van der Waals surface area (Å²) in [6, 6.07) is 1.85. The number of allylic oxidation sites excluding steroid dienone is 1. The Hall–Kier alpha value is -2.65. The Morgan fingerprint density at radius 1 is 1.20 bits per heavy atom. The van der Waals surface area contributed by atoms with Crippen LogP contribution < -0.4 is 0 Å². The predicted octanol–water partition coefficient (Wildman–Crippen LogP) is 4.29. The van der Waals surface area contributed by atoms with Crippen molar-refractivity contribution in [2.45, 2.75) is 96.2 Å². The van der Waals surface area contributed by atoms with E-state index < -0.39 is 51.5 Å². The van der Waals surface area contributed by atoms with Gasteiger partial charge in [-0.3, -0.25) is 9.59 Å². The van der Waals surface area contributed by atoms with Gasteiger partial charge in [-0.2, -0.15) is 0 Å². The second-order valence-corrected chi connectivity index (χ2v) is 14.2. The van der Waals surface area contributed by atoms with E-state index in [1.54, 1.807) is 32.4 Å². The second kappa shape index (κ2) is 8.25. The van der Waals surface area contributed by atoms with E-state index in [0.29, 0.717) is 12.0 Å². The number of furan rings is 1. The fourth-order valence-corrected chi connectivity index (χ4v) is 11.0. The standard InChI is InChI=1S/C32H40O9/c1-7-16(2)27(35)40-25-23-26-32(41-26)18(30(5)19(12-21(33)37-6)29(25,4)15-31(23,30)36)8-10-28(3)20(32)13-22(34)39-24(28)17-9-11-38-14-17/h7,9,11,14,18-20,23-26,36H,8,10,12-13,15H2,1-6H3/b16-7+/t18-,19+,20-,23?,24+,25-,26-,28-,29-,30+,31-,32-/m1/s1. The molecule has 0 amide bonds. The van der Waals surface area contributed by atoms with Crippen molar-refractivity contribution < 1.29 is 42.9 Å². The monoisotopic (exact) mass is 568 g/mol. The first-order chi connectivity index (χ1) is 19.3. The summed E-state index contributed by atoms with van der Waals surface area (Å²) in [7, 11) is 1.38. The molecule has 0 radical (unpaired) electrons. The smallest absolute Gasteiger partial charge is 0.333 e. The summed E-state index contributed by atoms with van der Waals surface area (Å²) in [5, 5.41) is 12.8. The lowest BCUT2D eigenvalue weighted by molar-refractivity contribution is -0.249. The van der Waals surface area contributed by atoms with Gasteiger partial charge in [0.15, 0.2) is 0 Å². The molecule has 6 aliphatic rings. The van der Waals surface area contributed by atoms with Crippen LogP contribution in [0.15, 0.2) is 34.7 Å². The second-order valence-electron chi connectivity index (χ2n) is 14.2. The normalized spacial score (nSPS) is 50.8. The molecule has 1 N–H and O–H groups in total. The van der Waals surface area contributed by atoms with Gasteiger partial charge in [0, 0.05) is 39.7 Å². The molecule has 41 heavy (non-hydrogen) atoms. The summed E-state index contributed by atoms with van der Waals surface area (Å²) in [6.45, 7) is 9.83. The quantitative estimate of drug-likeness (QED) is 0.240. The molecule has 1 aromatic heterocycles. The minimum Gasteiger partial charge on any atom is -0.472 e. The van der Waals surface area contributed by atoms with Crippen molar-refractivity contribution in [2.75, 3.05) is 7.11 Å². The fourth-order valence-electron chi connectivity index (χ4n) is 11.0. The molecule has 6 fully saturated rings. The molecule has 9 nitrogen and oxygen atoms in total. The molecule has 2 aliphatic heterocycles. The Morgan fingerprint density at radius 3 is 2.61 bits per heavy atom. The van der Waals surface area contributed by atoms with Gasteiger partial charge in [0.25, 0.3) is 0 Å². The van der Waals surface area contributed by atoms with Crippen molar-refractivity contribution in [3.8, 4) is 0 Å². The lowest BCUT2D eigenvalue weighted by Gasteiger charge is -2.65. The van der Waals surface area contributed by atoms with Crippen LogP contribution in [0.5, 0.6) is 0 Å². The number of hydrogen-bond donors (Lipinski definition) is 1. The van der Waals surface area contributed by atoms with Crippen molar-refractivity contribution in [3.63, 3.8) is 0 Å². The Bertz CT molecular complexity index is 1350. The number of cyclic esters (lactones) is 1. The molecule has 4 saturated carbocycles. The minimum absolute atomic E-state index is 0.0966. The van der Waals surface area contributed by atoms with Crippen LogP contribution in [-0.2, 0) is 33.3 Å². The first-order valence-corrected chi connectivity index (χ1v) is 14.9. The van der Waals surface area contributed by atoms with Gasteiger partial charge in [-0.05, 0) is 51.0 Å². The number of rotatable bonds is 5. The summed E-state index contributed by atoms with van der Waals surface area (Å²) >= 11 is 0. The Morgan fingerprint density at radius 2 is 1.95 bits per heavy atom. The van der Waals surface area contributed by atoms with Crippen molar-refractivity contribution in [1.29, 1.82) is 0 Å². The van der Waals surface area contributed by atoms with E-state index in [9.17, 15) is 19.5 Å². The van der Waals surface area contributed by atoms with Gasteiger partial charge in [0.05, 0.1) is 43.7 Å². The molecule has 1 unspecified atom stereocenters. The highest BCUT2D eigenvalue weighted by Crippen LogP contribution is 2.85. The van der Waals surface area contributed by atoms with Gasteiger partial charge in [0.1, 0.15) is 17.8 Å². The van der Waals surface area contributed by atoms with E-state index >= 15 is 0 Å². The third-order valence-corrected chi connectivity index (χ3v) is 12.9. The SMILES string of the molecule is C/C=C(\C)C(=O)O[C@@H]1C2[C@H]3O[C@]34[C@@H]3CC(=O)O[C@@H](c5ccoc5)[C@]3(C)CC[C@@H]4[C@@]3(C)[C@@H](CC(=O)OC)[C@@]1(C)C[C@@]23O. The lowest BCUT2D eigenvalue weighted by atomic mass is 9.39. The van der Waals surface area contributed by atoms with Crippen molar-refractivity contribution in [2.24, 2.45) is 39.9 Å². The number of aliphatic hydroxyl groups is 1. The summed E-state index contributed by atoms with van der Waals surface area (Å²) in [4.78, 5) is 39.3. The summed E-state index contributed by atoms with van der Waals surface area (Å²) < 4.78 is 29.7. The third-order valence-electron chi connectivity index (χ3n) is 12.9. The molecular weight excluding hydrogens is 528 g/mol. The lowest BCUT2D eigenvalue weighted by Crippen LogP contribution is -2.72. The zero-order valence-corrected chi connectivity index (χ0v) is 24.6. The van der Waals surface area contributed by atoms with E-state index in [1.165, 1.54) is 7.11 Å². The maximum atomic E-state index is 13.2. The molecule has 0 aromatic carbocycles. The van der Waals surface area contributed by atoms with Crippen LogP contribution in [0.25, 0.3) is 0 Å². The van der Waals surface area contributed by atoms with E-state index in [4.69, 9.17) is 23.4 Å². The molecule has 1 spiro atoms. The topological polar surface area (TPSA) is 125 Å². The van der Waals surface area contributed by atoms with Crippen LogP contribution >= 0.6 is 0 Å². The number of methoxy groups -OCH3 is 1. The van der Waals surface area contributed by atoms with Crippen molar-refractivity contribution in [3.05, 3.63) is 35.8 Å². The molecule has 2 bridgehead atoms. The highest BCUT2D eigenvalue weighted by Gasteiger charge is 2.93. The van der Waals surface area contributed by atoms with Crippen LogP contribution in [0.1, 0.15) is 78.4 Å². The molecule has 2 saturated heterocycles. The number of carbonyl (C=O) groups excluding carboxylic acids is 3. The number of epoxide rings is 1. The summed E-state index contributed by atoms with van der Waals surface area (Å²) in [6.07, 6.45) is 5.66. The Labute approximate surface area is 239 Å². The number of fused-ring (bicyclic) bond motifs is 4. The number of ether oxygens (including phenoxy) is 4. The Balaban J connectivity index is 1.37. The van der Waals surface area contributed by atoms with Crippen LogP contribution in [0.2, 0.25) is 0 Å². The van der Waals surface area contributed by atoms with Gasteiger partial charge in [-0.1, -0.05) is 26.8 Å². The predicted molar refractivity (Wildman–Crippen MR) is 143 cm³/mol. The fraction of sp³-hybridized carbons (Fsp3) is 0.719. The highest BCUT2D eigenvalue weighted by atomic mass is 16.6. The van der Waals surface area contributed by atoms with E-state index in [0.717, 1.165) is 18.4 Å². The molecule has 4 aliphatic carbocycles. The molecule has 9 heteroatoms. The maximum absolute atomic E-state index is 13.2. The molecule has 7 rings (SSSR count). The molecule has 12 atom stereocenters. The third kappa shape index (κ3) is 3.02. The molecule has 222 valence electrons. The zero-order valence-electron chi connectivity index (χ0n) is 24.6. The summed E-state index contributed by atoms with van der Waals surface area (Å²) in [5.74, 6) is -2.14. The van der Waals surface area contributed by atoms with Gasteiger partial charge < -0.3 is 28.5 Å². The van der Waals surface area contributed by atoms with Gasteiger partial charge in [0.2, 0.25) is 0 Å². The highest BCUT2D eigenvalue weighted by molar-refractivity contribution is 5.88. The van der Waals surface area contributed by atoms with Crippen molar-refractivity contribution in [1.82, 2.24) is 0 Å². The van der Waals surface area contributed by atoms with E-state index in [-0.39, 0.29) is 48.6 Å². The number of hydrogen-bond acceptors (Lipinski definition) is 9. The van der Waals surface area contributed by atoms with Crippen LogP contribution in [-0.4, -0.2) is 53.5 Å². The molecular formula is C32H40O9. The molecule has 1 aromatic rings. The van der Waals surface area contributed by atoms with Crippen LogP contribution in [0, 0.1) is 39.9 Å². The number of esters is 3. The summed E-state index contributed by atoms with van der Waals surface area (Å²) in [5.41, 5.74) is -2.41. The first-order valence-electron chi connectivity index (χ1n) is 14.9. The average molecular weight is 569 g/mol. The van der Waals surface area contributed by atoms with Crippen molar-refractivity contribution >= 4 is 17.9 Å². The molecule has 3 heterocycles. The van der Waals surface area contributed by atoms with E-state index in [2.05, 4.69) is 20.8 Å². The first kappa shape index (κ1) is 27.2. The largest absolute Gasteiger partial charge is 0.472 e. The van der Waals surface area contributed by atoms with Crippen LogP contribution in [0.3, 0.4) is 0 Å². The number of carbonyl (C=O) groups is 3. The minimum atomic E-state index is -1.21. The van der Waals surface area contributed by atoms with Gasteiger partial charge in [-0.15, -0.1) is 0 Å². The zero-order chi connectivity index (χ0) is 29.3.